The van der Waals surface area contributed by atoms with Crippen LogP contribution in [0.25, 0.3) is 0 Å². The smallest absolute Gasteiger partial charge is 0.223 e. The SMILES string of the molecule is CCNC(C)c1cccnc1Oc1ccc(C(C)C)cc1. The molecule has 0 aliphatic carbocycles. The maximum atomic E-state index is 5.96. The van der Waals surface area contributed by atoms with E-state index in [0.29, 0.717) is 11.8 Å². The van der Waals surface area contributed by atoms with Gasteiger partial charge in [-0.25, -0.2) is 4.98 Å². The molecule has 2 aromatic rings. The Labute approximate surface area is 127 Å². The van der Waals surface area contributed by atoms with Crippen LogP contribution in [-0.4, -0.2) is 11.5 Å². The molecule has 0 bridgehead atoms. The Bertz CT molecular complexity index is 564. The average molecular weight is 284 g/mol. The van der Waals surface area contributed by atoms with Crippen molar-refractivity contribution in [3.63, 3.8) is 0 Å². The maximum absolute atomic E-state index is 5.96. The van der Waals surface area contributed by atoms with Crippen molar-refractivity contribution in [2.45, 2.75) is 39.7 Å². The summed E-state index contributed by atoms with van der Waals surface area (Å²) in [6, 6.07) is 12.4. The molecule has 2 rings (SSSR count). The molecule has 0 spiro atoms. The Kier molecular flexibility index (Phi) is 5.34. The quantitative estimate of drug-likeness (QED) is 0.837. The van der Waals surface area contributed by atoms with Gasteiger partial charge >= 0.3 is 0 Å². The van der Waals surface area contributed by atoms with E-state index >= 15 is 0 Å². The summed E-state index contributed by atoms with van der Waals surface area (Å²) in [7, 11) is 0. The third-order valence-corrected chi connectivity index (χ3v) is 3.54. The van der Waals surface area contributed by atoms with E-state index < -0.39 is 0 Å². The van der Waals surface area contributed by atoms with E-state index in [1.807, 2.05) is 18.2 Å². The highest BCUT2D eigenvalue weighted by atomic mass is 16.5. The van der Waals surface area contributed by atoms with Gasteiger partial charge in [0.15, 0.2) is 0 Å². The Balaban J connectivity index is 2.19. The zero-order valence-electron chi connectivity index (χ0n) is 13.3. The summed E-state index contributed by atoms with van der Waals surface area (Å²) in [5.74, 6) is 2.02. The van der Waals surface area contributed by atoms with Crippen LogP contribution in [0.4, 0.5) is 0 Å². The van der Waals surface area contributed by atoms with E-state index in [1.54, 1.807) is 6.20 Å². The van der Waals surface area contributed by atoms with Crippen LogP contribution in [0, 0.1) is 0 Å². The van der Waals surface area contributed by atoms with Crippen LogP contribution in [0.5, 0.6) is 11.6 Å². The maximum Gasteiger partial charge on any atom is 0.223 e. The van der Waals surface area contributed by atoms with E-state index in [-0.39, 0.29) is 6.04 Å². The Hall–Kier alpha value is -1.87. The fourth-order valence-electron chi connectivity index (χ4n) is 2.27. The molecule has 3 nitrogen and oxygen atoms in total. The highest BCUT2D eigenvalue weighted by Crippen LogP contribution is 2.28. The van der Waals surface area contributed by atoms with Crippen LogP contribution in [0.3, 0.4) is 0 Å². The summed E-state index contributed by atoms with van der Waals surface area (Å²) in [6.07, 6.45) is 1.76. The topological polar surface area (TPSA) is 34.2 Å². The summed E-state index contributed by atoms with van der Waals surface area (Å²) in [4.78, 5) is 4.37. The minimum atomic E-state index is 0.216. The minimum absolute atomic E-state index is 0.216. The van der Waals surface area contributed by atoms with Crippen molar-refractivity contribution in [2.75, 3.05) is 6.54 Å². The van der Waals surface area contributed by atoms with Crippen molar-refractivity contribution >= 4 is 0 Å². The van der Waals surface area contributed by atoms with Crippen LogP contribution < -0.4 is 10.1 Å². The third kappa shape index (κ3) is 4.05. The van der Waals surface area contributed by atoms with Crippen LogP contribution in [0.2, 0.25) is 0 Å². The summed E-state index contributed by atoms with van der Waals surface area (Å²) >= 11 is 0. The van der Waals surface area contributed by atoms with E-state index in [9.17, 15) is 0 Å². The monoisotopic (exact) mass is 284 g/mol. The van der Waals surface area contributed by atoms with Gasteiger partial charge in [-0.2, -0.15) is 0 Å². The summed E-state index contributed by atoms with van der Waals surface area (Å²) in [5, 5.41) is 3.39. The normalized spacial score (nSPS) is 12.4. The Morgan fingerprint density at radius 1 is 1.10 bits per heavy atom. The first-order chi connectivity index (χ1) is 10.1. The molecule has 0 fully saturated rings. The molecule has 112 valence electrons. The zero-order chi connectivity index (χ0) is 15.2. The molecule has 0 aliphatic heterocycles. The molecular weight excluding hydrogens is 260 g/mol. The summed E-state index contributed by atoms with van der Waals surface area (Å²) in [5.41, 5.74) is 2.39. The number of benzene rings is 1. The summed E-state index contributed by atoms with van der Waals surface area (Å²) < 4.78 is 5.96. The molecule has 0 saturated carbocycles. The molecule has 0 radical (unpaired) electrons. The van der Waals surface area contributed by atoms with E-state index in [0.717, 1.165) is 17.9 Å². The molecular formula is C18H24N2O. The van der Waals surface area contributed by atoms with Gasteiger partial charge in [-0.05, 0) is 43.1 Å². The number of nitrogens with one attached hydrogen (secondary N) is 1. The summed E-state index contributed by atoms with van der Waals surface area (Å²) in [6.45, 7) is 9.50. The highest BCUT2D eigenvalue weighted by Gasteiger charge is 2.12. The van der Waals surface area contributed by atoms with Crippen LogP contribution in [0.1, 0.15) is 50.8 Å². The van der Waals surface area contributed by atoms with Gasteiger partial charge in [-0.3, -0.25) is 0 Å². The van der Waals surface area contributed by atoms with E-state index in [4.69, 9.17) is 4.74 Å². The Morgan fingerprint density at radius 3 is 2.43 bits per heavy atom. The lowest BCUT2D eigenvalue weighted by atomic mass is 10.0. The lowest BCUT2D eigenvalue weighted by molar-refractivity contribution is 0.444. The standard InChI is InChI=1S/C18H24N2O/c1-5-19-14(4)17-7-6-12-20-18(17)21-16-10-8-15(9-11-16)13(2)3/h6-14,19H,5H2,1-4H3. The number of rotatable bonds is 6. The van der Waals surface area contributed by atoms with Crippen LogP contribution >= 0.6 is 0 Å². The molecule has 1 heterocycles. The van der Waals surface area contributed by atoms with Crippen molar-refractivity contribution < 1.29 is 4.74 Å². The lowest BCUT2D eigenvalue weighted by Gasteiger charge is -2.16. The van der Waals surface area contributed by atoms with Crippen molar-refractivity contribution in [3.8, 4) is 11.6 Å². The zero-order valence-corrected chi connectivity index (χ0v) is 13.3. The predicted molar refractivity (Wildman–Crippen MR) is 86.9 cm³/mol. The first-order valence-electron chi connectivity index (χ1n) is 7.58. The molecule has 21 heavy (non-hydrogen) atoms. The molecule has 1 aromatic heterocycles. The molecule has 0 aliphatic rings. The van der Waals surface area contributed by atoms with Crippen molar-refractivity contribution in [2.24, 2.45) is 0 Å². The van der Waals surface area contributed by atoms with Crippen molar-refractivity contribution in [1.82, 2.24) is 10.3 Å². The molecule has 1 atom stereocenters. The number of pyridine rings is 1. The first-order valence-corrected chi connectivity index (χ1v) is 7.58. The molecule has 0 saturated heterocycles. The predicted octanol–water partition coefficient (Wildman–Crippen LogP) is 4.67. The molecule has 0 amide bonds. The van der Waals surface area contributed by atoms with Crippen molar-refractivity contribution in [3.05, 3.63) is 53.7 Å². The molecule has 3 heteroatoms. The lowest BCUT2D eigenvalue weighted by Crippen LogP contribution is -2.18. The highest BCUT2D eigenvalue weighted by molar-refractivity contribution is 5.35. The minimum Gasteiger partial charge on any atom is -0.439 e. The first kappa shape index (κ1) is 15.5. The average Bonchev–Trinajstić information content (AvgIpc) is 2.48. The van der Waals surface area contributed by atoms with E-state index in [2.05, 4.69) is 56.2 Å². The van der Waals surface area contributed by atoms with Gasteiger partial charge in [0.25, 0.3) is 0 Å². The van der Waals surface area contributed by atoms with Gasteiger partial charge in [0.05, 0.1) is 0 Å². The fraction of sp³-hybridized carbons (Fsp3) is 0.389. The van der Waals surface area contributed by atoms with Crippen molar-refractivity contribution in [1.29, 1.82) is 0 Å². The van der Waals surface area contributed by atoms with Gasteiger partial charge in [0, 0.05) is 17.8 Å². The Morgan fingerprint density at radius 2 is 1.81 bits per heavy atom. The molecule has 1 unspecified atom stereocenters. The van der Waals surface area contributed by atoms with Gasteiger partial charge in [-0.15, -0.1) is 0 Å². The van der Waals surface area contributed by atoms with Crippen LogP contribution in [-0.2, 0) is 0 Å². The molecule has 1 N–H and O–H groups in total. The number of aromatic nitrogens is 1. The second-order valence-corrected chi connectivity index (χ2v) is 5.50. The largest absolute Gasteiger partial charge is 0.439 e. The fourth-order valence-corrected chi connectivity index (χ4v) is 2.27. The number of hydrogen-bond donors (Lipinski definition) is 1. The van der Waals surface area contributed by atoms with Gasteiger partial charge in [0.2, 0.25) is 5.88 Å². The molecule has 1 aromatic carbocycles. The van der Waals surface area contributed by atoms with Gasteiger partial charge in [-0.1, -0.05) is 39.0 Å². The number of hydrogen-bond acceptors (Lipinski definition) is 3. The second-order valence-electron chi connectivity index (χ2n) is 5.50. The van der Waals surface area contributed by atoms with Gasteiger partial charge in [0.1, 0.15) is 5.75 Å². The number of ether oxygens (including phenoxy) is 1. The van der Waals surface area contributed by atoms with Gasteiger partial charge < -0.3 is 10.1 Å². The van der Waals surface area contributed by atoms with Crippen LogP contribution in [0.15, 0.2) is 42.6 Å². The second kappa shape index (κ2) is 7.23. The third-order valence-electron chi connectivity index (χ3n) is 3.54. The van der Waals surface area contributed by atoms with E-state index in [1.165, 1.54) is 5.56 Å². The number of nitrogens with zero attached hydrogens (tertiary/aromatic N) is 1.